The minimum absolute atomic E-state index is 0. The van der Waals surface area contributed by atoms with Crippen molar-refractivity contribution in [2.24, 2.45) is 0 Å². The van der Waals surface area contributed by atoms with E-state index in [4.69, 9.17) is 68.6 Å². The molecule has 0 bridgehead atoms. The Bertz CT molecular complexity index is 845. The van der Waals surface area contributed by atoms with Crippen molar-refractivity contribution in [3.8, 4) is 0 Å². The number of alkyl halides is 9. The molecule has 0 aromatic rings. The van der Waals surface area contributed by atoms with Crippen LogP contribution in [0.1, 0.15) is 20.8 Å². The van der Waals surface area contributed by atoms with Crippen LogP contribution in [0.25, 0.3) is 0 Å². The van der Waals surface area contributed by atoms with Crippen LogP contribution in [-0.2, 0) is 96.4 Å². The first-order valence-electron chi connectivity index (χ1n) is 6.54. The number of carboxylic acids is 3. The molecule has 0 atom stereocenters. The molecule has 0 saturated heterocycles. The van der Waals surface area contributed by atoms with Gasteiger partial charge in [-0.2, -0.15) is 39.5 Å². The molecule has 0 aliphatic rings. The van der Waals surface area contributed by atoms with E-state index >= 15 is 0 Å². The van der Waals surface area contributed by atoms with Gasteiger partial charge in [0.1, 0.15) is 0 Å². The fraction of sp³-hybridized carbons (Fsp3) is 0.667. The molecule has 0 radical (unpaired) electrons. The molecule has 0 amide bonds. The summed E-state index contributed by atoms with van der Waals surface area (Å²) in [4.78, 5) is 26.7. The molecular weight excluding hydrogens is 705 g/mol. The zero-order chi connectivity index (χ0) is 31.7. The number of halogens is 9. The molecular formula is C9H9F9O15S3Sc2. The zero-order valence-electron chi connectivity index (χ0n) is 17.9. The second-order valence-electron chi connectivity index (χ2n) is 4.17. The van der Waals surface area contributed by atoms with Crippen molar-refractivity contribution in [3.63, 3.8) is 0 Å². The molecule has 15 nitrogen and oxygen atoms in total. The summed E-state index contributed by atoms with van der Waals surface area (Å²) in [6, 6.07) is 0. The van der Waals surface area contributed by atoms with E-state index in [0.717, 1.165) is 20.8 Å². The molecule has 29 heteroatoms. The summed E-state index contributed by atoms with van der Waals surface area (Å²) >= 11 is 0. The predicted octanol–water partition coefficient (Wildman–Crippen LogP) is -3.58. The number of aliphatic carboxylic acids is 3. The topological polar surface area (TPSA) is 292 Å². The van der Waals surface area contributed by atoms with Crippen molar-refractivity contribution < 1.29 is 160 Å². The molecule has 0 aliphatic carbocycles. The Balaban J connectivity index is -0.0000000482. The number of rotatable bonds is 0. The number of hydrogen-bond acceptors (Lipinski definition) is 15. The minimum Gasteiger partial charge on any atom is -0.741 e. The predicted molar refractivity (Wildman–Crippen MR) is 79.3 cm³/mol. The first kappa shape index (κ1) is 57.2. The fourth-order valence-electron chi connectivity index (χ4n) is 0. The molecule has 0 aliphatic heterocycles. The van der Waals surface area contributed by atoms with Crippen LogP contribution in [0.5, 0.6) is 0 Å². The van der Waals surface area contributed by atoms with Crippen LogP contribution in [0.2, 0.25) is 0 Å². The van der Waals surface area contributed by atoms with Gasteiger partial charge in [-0.15, -0.1) is 0 Å². The molecule has 0 aromatic carbocycles. The summed E-state index contributed by atoms with van der Waals surface area (Å²) < 4.78 is 177. The third-order valence-corrected chi connectivity index (χ3v) is 2.55. The Hall–Kier alpha value is -0.750. The normalized spacial score (nSPS) is 10.8. The summed E-state index contributed by atoms with van der Waals surface area (Å²) in [6.07, 6.45) is 0. The smallest absolute Gasteiger partial charge is 0.741 e. The van der Waals surface area contributed by atoms with Crippen LogP contribution in [0.3, 0.4) is 0 Å². The Kier molecular flexibility index (Phi) is 34.6. The summed E-state index contributed by atoms with van der Waals surface area (Å²) in [7, 11) is -18.3. The maximum Gasteiger partial charge on any atom is 3.00 e. The standard InChI is InChI=1S/3C2H4O2.3CHF3O3S.2Sc/c3*1-2(3)4;3*2-1(3,4)8(5,6)7;;/h3*1H3,(H,3,4);3*(H,5,6,7);;/q;;;;;;2*+3/p-6. The van der Waals surface area contributed by atoms with Gasteiger partial charge in [-0.25, -0.2) is 25.3 Å². The number of carbonyl (C=O) groups is 3. The maximum atomic E-state index is 10.7. The van der Waals surface area contributed by atoms with Crippen LogP contribution >= 0.6 is 0 Å². The molecule has 0 rings (SSSR count). The first-order valence-corrected chi connectivity index (χ1v) is 10.8. The van der Waals surface area contributed by atoms with Crippen LogP contribution in [0.15, 0.2) is 0 Å². The Labute approximate surface area is 244 Å². The van der Waals surface area contributed by atoms with Gasteiger partial charge in [0, 0.05) is 17.9 Å². The van der Waals surface area contributed by atoms with Crippen molar-refractivity contribution in [2.45, 2.75) is 37.3 Å². The van der Waals surface area contributed by atoms with Gasteiger partial charge in [-0.1, -0.05) is 0 Å². The molecule has 38 heavy (non-hydrogen) atoms. The van der Waals surface area contributed by atoms with Crippen LogP contribution in [0, 0.1) is 0 Å². The maximum absolute atomic E-state index is 10.7. The zero-order valence-corrected chi connectivity index (χ0v) is 24.0. The Morgan fingerprint density at radius 1 is 0.447 bits per heavy atom. The average Bonchev–Trinajstić information content (AvgIpc) is 2.39. The summed E-state index contributed by atoms with van der Waals surface area (Å²) in [5.41, 5.74) is -16.9. The second kappa shape index (κ2) is 23.0. The minimum atomic E-state index is -6.09. The van der Waals surface area contributed by atoms with Gasteiger partial charge in [0.2, 0.25) is 0 Å². The third-order valence-electron chi connectivity index (χ3n) is 0.850. The van der Waals surface area contributed by atoms with Gasteiger partial charge in [-0.05, 0) is 20.8 Å². The van der Waals surface area contributed by atoms with Crippen LogP contribution in [0.4, 0.5) is 39.5 Å². The van der Waals surface area contributed by atoms with Crippen molar-refractivity contribution in [3.05, 3.63) is 0 Å². The van der Waals surface area contributed by atoms with E-state index in [1.165, 1.54) is 0 Å². The van der Waals surface area contributed by atoms with Gasteiger partial charge in [-0.3, -0.25) is 0 Å². The Morgan fingerprint density at radius 3 is 0.474 bits per heavy atom. The molecule has 0 aromatic heterocycles. The fourth-order valence-corrected chi connectivity index (χ4v) is 0. The van der Waals surface area contributed by atoms with Gasteiger partial charge in [0.05, 0.1) is 0 Å². The molecule has 0 heterocycles. The SMILES string of the molecule is CC(=O)[O-].CC(=O)[O-].CC(=O)[O-].O=S(=O)([O-])C(F)(F)F.O=S(=O)([O-])C(F)(F)F.O=S(=O)([O-])C(F)(F)F.[Sc+3].[Sc+3]. The quantitative estimate of drug-likeness (QED) is 0.133. The average molecular weight is 714 g/mol. The van der Waals surface area contributed by atoms with E-state index in [9.17, 15) is 39.5 Å². The molecule has 0 unspecified atom stereocenters. The van der Waals surface area contributed by atoms with Gasteiger partial charge >= 0.3 is 68.2 Å². The second-order valence-corrected chi connectivity index (χ2v) is 8.29. The van der Waals surface area contributed by atoms with Gasteiger partial charge in [0.15, 0.2) is 30.4 Å². The van der Waals surface area contributed by atoms with Crippen molar-refractivity contribution in [1.82, 2.24) is 0 Å². The summed E-state index contributed by atoms with van der Waals surface area (Å²) in [5, 5.41) is 26.7. The van der Waals surface area contributed by atoms with Crippen molar-refractivity contribution in [1.29, 1.82) is 0 Å². The molecule has 0 spiro atoms. The van der Waals surface area contributed by atoms with Gasteiger partial charge < -0.3 is 43.4 Å². The van der Waals surface area contributed by atoms with Crippen molar-refractivity contribution in [2.75, 3.05) is 0 Å². The molecule has 222 valence electrons. The van der Waals surface area contributed by atoms with E-state index in [1.54, 1.807) is 0 Å². The third kappa shape index (κ3) is 60.0. The van der Waals surface area contributed by atoms with E-state index in [-0.39, 0.29) is 51.7 Å². The summed E-state index contributed by atoms with van der Waals surface area (Å²) in [5.74, 6) is -3.25. The van der Waals surface area contributed by atoms with Crippen LogP contribution < -0.4 is 15.3 Å². The monoisotopic (exact) mass is 714 g/mol. The molecule has 0 N–H and O–H groups in total. The first-order chi connectivity index (χ1) is 14.9. The molecule has 0 fully saturated rings. The van der Waals surface area contributed by atoms with E-state index in [0.29, 0.717) is 0 Å². The number of carboxylic acid groups (broad SMARTS) is 3. The largest absolute Gasteiger partial charge is 3.00 e. The van der Waals surface area contributed by atoms with Crippen molar-refractivity contribution >= 4 is 48.3 Å². The van der Waals surface area contributed by atoms with E-state index < -0.39 is 64.8 Å². The number of carbonyl (C=O) groups excluding carboxylic acids is 3. The van der Waals surface area contributed by atoms with E-state index in [2.05, 4.69) is 0 Å². The number of hydrogen-bond donors (Lipinski definition) is 0. The molecule has 0 saturated carbocycles. The van der Waals surface area contributed by atoms with Gasteiger partial charge in [0.25, 0.3) is 0 Å². The van der Waals surface area contributed by atoms with Crippen LogP contribution in [-0.4, -0.2) is 73.3 Å². The summed E-state index contributed by atoms with van der Waals surface area (Å²) in [6.45, 7) is 2.92. The Morgan fingerprint density at radius 2 is 0.474 bits per heavy atom. The van der Waals surface area contributed by atoms with E-state index in [1.807, 2.05) is 0 Å².